The maximum atomic E-state index is 10.3. The number of nitrogens with one attached hydrogen (secondary N) is 1. The molecule has 21 nitrogen and oxygen atoms in total. The molecule has 412 valence electrons. The van der Waals surface area contributed by atoms with E-state index in [0.29, 0.717) is 83.7 Å². The largest absolute Gasteiger partial charge is 0.393 e. The van der Waals surface area contributed by atoms with Gasteiger partial charge in [0.1, 0.15) is 0 Å². The molecule has 4 heterocycles. The number of rotatable bonds is 10. The Bertz CT molecular complexity index is 1270. The summed E-state index contributed by atoms with van der Waals surface area (Å²) in [5, 5.41) is 86.0. The molecule has 0 aromatic heterocycles. The van der Waals surface area contributed by atoms with E-state index in [1.54, 1.807) is 0 Å². The van der Waals surface area contributed by atoms with Crippen LogP contribution in [0.5, 0.6) is 0 Å². The number of aliphatic hydroxyl groups is 4. The Kier molecular flexibility index (Phi) is 28.6. The van der Waals surface area contributed by atoms with E-state index in [-0.39, 0.29) is 81.1 Å². The van der Waals surface area contributed by atoms with Crippen LogP contribution in [0.15, 0.2) is 0 Å². The molecule has 0 amide bonds. The molecule has 4 rings (SSSR count). The van der Waals surface area contributed by atoms with Gasteiger partial charge in [0.2, 0.25) is 0 Å². The molecule has 0 atom stereocenters. The number of nitrogens with two attached hydrogens (primary N) is 2. The normalized spacial score (nSPS) is 25.0. The van der Waals surface area contributed by atoms with Crippen LogP contribution in [0.3, 0.4) is 0 Å². The van der Waals surface area contributed by atoms with Crippen molar-refractivity contribution >= 4 is 15.2 Å². The van der Waals surface area contributed by atoms with Crippen LogP contribution < -0.4 is 16.8 Å². The standard InChI is InChI=1S/4C9H19NO2.C5H14O6P2.C4H13N3/c4*1-8(2)5-7(11)6-9(3,4)10(8)12;6-12(7,8)4-2-1-3-5-13(9,10)11;5-1-3-7-4-2-6/h4*7,11-12H,5-6H2,1-4H3;1-5H2,(H2,6,7,8)(H2,9,10,11);7H,1-6H2. The van der Waals surface area contributed by atoms with Gasteiger partial charge in [-0.3, -0.25) is 9.13 Å². The molecule has 0 bridgehead atoms. The van der Waals surface area contributed by atoms with Crippen LogP contribution in [0.4, 0.5) is 0 Å². The maximum Gasteiger partial charge on any atom is 0.325 e. The topological polar surface area (TPSA) is 354 Å². The highest BCUT2D eigenvalue weighted by atomic mass is 31.2. The molecule has 0 aromatic rings. The summed E-state index contributed by atoms with van der Waals surface area (Å²) < 4.78 is 20.7. The van der Waals surface area contributed by atoms with Gasteiger partial charge in [-0.25, -0.2) is 0 Å². The van der Waals surface area contributed by atoms with Gasteiger partial charge < -0.3 is 77.6 Å². The number of unbranched alkanes of at least 4 members (excludes halogenated alkanes) is 2. The van der Waals surface area contributed by atoms with Crippen LogP contribution in [-0.4, -0.2) is 188 Å². The lowest BCUT2D eigenvalue weighted by molar-refractivity contribution is -0.257. The zero-order valence-corrected chi connectivity index (χ0v) is 46.6. The van der Waals surface area contributed by atoms with Gasteiger partial charge in [0, 0.05) is 82.8 Å². The molecule has 0 spiro atoms. The average Bonchev–Trinajstić information content (AvgIpc) is 3.10. The predicted molar refractivity (Wildman–Crippen MR) is 267 cm³/mol. The molecule has 68 heavy (non-hydrogen) atoms. The molecule has 0 unspecified atom stereocenters. The molecule has 23 heteroatoms. The second kappa shape index (κ2) is 27.8. The van der Waals surface area contributed by atoms with Gasteiger partial charge in [0.15, 0.2) is 0 Å². The Hall–Kier alpha value is -0.300. The average molecular weight is 1030 g/mol. The minimum Gasteiger partial charge on any atom is -0.393 e. The molecule has 4 saturated heterocycles. The summed E-state index contributed by atoms with van der Waals surface area (Å²) in [6, 6.07) is 0. The van der Waals surface area contributed by atoms with Crippen molar-refractivity contribution in [3.8, 4) is 0 Å². The van der Waals surface area contributed by atoms with Gasteiger partial charge in [-0.15, -0.1) is 0 Å². The van der Waals surface area contributed by atoms with E-state index in [1.807, 2.05) is 111 Å². The highest BCUT2D eigenvalue weighted by Crippen LogP contribution is 2.40. The number of hydrogen-bond donors (Lipinski definition) is 15. The molecule has 0 aliphatic carbocycles. The third-order valence-corrected chi connectivity index (χ3v) is 14.3. The van der Waals surface area contributed by atoms with Gasteiger partial charge in [-0.05, 0) is 175 Å². The Morgan fingerprint density at radius 2 is 0.559 bits per heavy atom. The summed E-state index contributed by atoms with van der Waals surface area (Å²) in [7, 11) is -7.88. The number of aliphatic hydroxyl groups excluding tert-OH is 4. The molecule has 4 fully saturated rings. The van der Waals surface area contributed by atoms with Crippen molar-refractivity contribution in [3.63, 3.8) is 0 Å². The van der Waals surface area contributed by atoms with Gasteiger partial charge in [-0.2, -0.15) is 20.3 Å². The van der Waals surface area contributed by atoms with Crippen LogP contribution in [0.25, 0.3) is 0 Å². The van der Waals surface area contributed by atoms with Crippen LogP contribution in [-0.2, 0) is 9.13 Å². The number of hydrogen-bond acceptors (Lipinski definition) is 17. The van der Waals surface area contributed by atoms with E-state index in [2.05, 4.69) is 5.32 Å². The van der Waals surface area contributed by atoms with Crippen molar-refractivity contribution in [2.45, 2.75) is 250 Å². The maximum absolute atomic E-state index is 10.3. The molecule has 0 radical (unpaired) electrons. The summed E-state index contributed by atoms with van der Waals surface area (Å²) in [5.41, 5.74) is 7.79. The zero-order valence-electron chi connectivity index (χ0n) is 44.9. The number of nitrogens with zero attached hydrogens (tertiary/aromatic N) is 4. The molecule has 4 aliphatic heterocycles. The lowest BCUT2D eigenvalue weighted by Crippen LogP contribution is -2.60. The van der Waals surface area contributed by atoms with Crippen molar-refractivity contribution in [1.82, 2.24) is 25.6 Å². The summed E-state index contributed by atoms with van der Waals surface area (Å²) >= 11 is 0. The van der Waals surface area contributed by atoms with E-state index in [0.717, 1.165) is 13.1 Å². The van der Waals surface area contributed by atoms with Crippen LogP contribution in [0.2, 0.25) is 0 Å². The fourth-order valence-electron chi connectivity index (χ4n) is 10.0. The Morgan fingerprint density at radius 3 is 0.691 bits per heavy atom. The fraction of sp³-hybridized carbons (Fsp3) is 1.00. The first-order chi connectivity index (χ1) is 30.1. The predicted octanol–water partition coefficient (Wildman–Crippen LogP) is 4.56. The Morgan fingerprint density at radius 1 is 0.397 bits per heavy atom. The van der Waals surface area contributed by atoms with E-state index in [1.165, 1.54) is 20.3 Å². The van der Waals surface area contributed by atoms with Crippen molar-refractivity contribution in [3.05, 3.63) is 0 Å². The first kappa shape index (κ1) is 69.8. The Balaban J connectivity index is 0. The monoisotopic (exact) mass is 1030 g/mol. The van der Waals surface area contributed by atoms with E-state index in [9.17, 15) is 50.4 Å². The SMILES string of the molecule is CC1(C)CC(O)CC(C)(C)N1O.CC1(C)CC(O)CC(C)(C)N1O.CC1(C)CC(O)CC(C)(C)N1O.CC1(C)CC(O)CC(C)(C)N1O.NCCNCCN.O=P(O)(O)CCCCCP(=O)(O)O. The van der Waals surface area contributed by atoms with Crippen LogP contribution in [0.1, 0.15) is 181 Å². The summed E-state index contributed by atoms with van der Waals surface area (Å²) in [6.07, 6.45) is 4.47. The van der Waals surface area contributed by atoms with Crippen molar-refractivity contribution in [2.24, 2.45) is 11.5 Å². The number of piperidine rings is 4. The molecule has 0 saturated carbocycles. The lowest BCUT2D eigenvalue weighted by atomic mass is 9.80. The second-order valence-electron chi connectivity index (χ2n) is 24.2. The lowest BCUT2D eigenvalue weighted by Gasteiger charge is -2.50. The number of hydroxylamine groups is 8. The Labute approximate surface area is 409 Å². The molecular formula is C45H103N7O14P2. The zero-order chi connectivity index (χ0) is 54.3. The highest BCUT2D eigenvalue weighted by Gasteiger charge is 2.47. The van der Waals surface area contributed by atoms with Crippen molar-refractivity contribution in [1.29, 1.82) is 0 Å². The van der Waals surface area contributed by atoms with Gasteiger partial charge >= 0.3 is 15.2 Å². The minimum atomic E-state index is -3.94. The summed E-state index contributed by atoms with van der Waals surface area (Å²) in [4.78, 5) is 33.7. The first-order valence-corrected chi connectivity index (χ1v) is 27.6. The molecule has 17 N–H and O–H groups in total. The third kappa shape index (κ3) is 26.6. The van der Waals surface area contributed by atoms with E-state index in [4.69, 9.17) is 31.0 Å². The molecule has 0 aromatic carbocycles. The molecular weight excluding hydrogens is 924 g/mol. The minimum absolute atomic E-state index is 0.214. The summed E-state index contributed by atoms with van der Waals surface area (Å²) in [6.45, 7) is 34.2. The van der Waals surface area contributed by atoms with E-state index >= 15 is 0 Å². The van der Waals surface area contributed by atoms with Crippen molar-refractivity contribution in [2.75, 3.05) is 38.5 Å². The first-order valence-electron chi connectivity index (χ1n) is 24.0. The van der Waals surface area contributed by atoms with Gasteiger partial charge in [0.25, 0.3) is 0 Å². The van der Waals surface area contributed by atoms with Crippen LogP contribution in [0, 0.1) is 0 Å². The van der Waals surface area contributed by atoms with Crippen LogP contribution >= 0.6 is 15.2 Å². The molecule has 4 aliphatic rings. The highest BCUT2D eigenvalue weighted by molar-refractivity contribution is 7.52. The quantitative estimate of drug-likeness (QED) is 0.105. The fourth-order valence-corrected chi connectivity index (χ4v) is 11.3. The second-order valence-corrected chi connectivity index (χ2v) is 27.7. The van der Waals surface area contributed by atoms with Gasteiger partial charge in [-0.1, -0.05) is 6.42 Å². The van der Waals surface area contributed by atoms with Crippen molar-refractivity contribution < 1.29 is 70.0 Å². The van der Waals surface area contributed by atoms with Gasteiger partial charge in [0.05, 0.1) is 24.4 Å². The smallest absolute Gasteiger partial charge is 0.325 e. The third-order valence-electron chi connectivity index (χ3n) is 12.5. The van der Waals surface area contributed by atoms with E-state index < -0.39 is 15.2 Å². The summed E-state index contributed by atoms with van der Waals surface area (Å²) in [5.74, 6) is 0.